The molecular weight excluding hydrogens is 525 g/mol. The van der Waals surface area contributed by atoms with E-state index in [1.165, 1.54) is 0 Å². The van der Waals surface area contributed by atoms with E-state index in [4.69, 9.17) is 27.9 Å². The maximum atomic E-state index is 14.4. The number of morpholine rings is 1. The summed E-state index contributed by atoms with van der Waals surface area (Å²) in [7, 11) is 0. The molecule has 3 aliphatic rings. The Morgan fingerprint density at radius 3 is 2.46 bits per heavy atom. The van der Waals surface area contributed by atoms with Crippen molar-refractivity contribution in [2.45, 2.75) is 69.1 Å². The normalized spacial score (nSPS) is 24.9. The molecule has 2 heterocycles. The number of benzene rings is 2. The molecule has 5 rings (SSSR count). The number of ether oxygens (including phenoxy) is 1. The molecule has 0 N–H and O–H groups in total. The van der Waals surface area contributed by atoms with Crippen LogP contribution in [0.5, 0.6) is 0 Å². The van der Waals surface area contributed by atoms with E-state index in [9.17, 15) is 4.79 Å². The molecule has 8 heteroatoms. The zero-order valence-corrected chi connectivity index (χ0v) is 23.8. The lowest BCUT2D eigenvalue weighted by molar-refractivity contribution is -0.179. The van der Waals surface area contributed by atoms with Gasteiger partial charge in [0.25, 0.3) is 5.91 Å². The number of halogens is 2. The van der Waals surface area contributed by atoms with Crippen molar-refractivity contribution in [2.75, 3.05) is 12.3 Å². The molecule has 2 aromatic carbocycles. The molecule has 2 fully saturated rings. The number of amides is 1. The molecule has 2 aromatic rings. The largest absolute Gasteiger partial charge is 0.358 e. The summed E-state index contributed by atoms with van der Waals surface area (Å²) in [5.74, 6) is 1.41. The lowest BCUT2D eigenvalue weighted by Crippen LogP contribution is -2.56. The maximum absolute atomic E-state index is 14.4. The first kappa shape index (κ1) is 26.7. The number of nitrogens with zero attached hydrogens (tertiary/aromatic N) is 3. The predicted octanol–water partition coefficient (Wildman–Crippen LogP) is 8.05. The van der Waals surface area contributed by atoms with Gasteiger partial charge in [-0.15, -0.1) is 0 Å². The highest BCUT2D eigenvalue weighted by Gasteiger charge is 2.50. The van der Waals surface area contributed by atoms with Crippen LogP contribution >= 0.6 is 35.0 Å². The van der Waals surface area contributed by atoms with Crippen LogP contribution in [0.2, 0.25) is 10.0 Å². The predicted molar refractivity (Wildman–Crippen MR) is 151 cm³/mol. The molecular formula is C29H33Cl2N3O2S. The van der Waals surface area contributed by atoms with Crippen LogP contribution in [0.15, 0.2) is 70.5 Å². The summed E-state index contributed by atoms with van der Waals surface area (Å²) < 4.78 is 6.81. The van der Waals surface area contributed by atoms with Crippen molar-refractivity contribution in [3.05, 3.63) is 81.5 Å². The molecule has 0 spiro atoms. The second kappa shape index (κ2) is 11.1. The molecule has 0 bridgehead atoms. The quantitative estimate of drug-likeness (QED) is 0.329. The first-order chi connectivity index (χ1) is 17.7. The van der Waals surface area contributed by atoms with E-state index in [0.717, 1.165) is 35.3 Å². The van der Waals surface area contributed by atoms with Gasteiger partial charge in [-0.2, -0.15) is 22.0 Å². The average molecular weight is 559 g/mol. The third kappa shape index (κ3) is 6.42. The van der Waals surface area contributed by atoms with Crippen molar-refractivity contribution in [3.63, 3.8) is 0 Å². The minimum atomic E-state index is -0.608. The minimum Gasteiger partial charge on any atom is -0.358 e. The Morgan fingerprint density at radius 2 is 1.84 bits per heavy atom. The van der Waals surface area contributed by atoms with Crippen LogP contribution in [0.4, 0.5) is 0 Å². The first-order valence-electron chi connectivity index (χ1n) is 12.9. The van der Waals surface area contributed by atoms with Gasteiger partial charge in [0.05, 0.1) is 18.8 Å². The molecule has 37 heavy (non-hydrogen) atoms. The Morgan fingerprint density at radius 1 is 1.08 bits per heavy atom. The second-order valence-electron chi connectivity index (χ2n) is 11.1. The zero-order valence-electron chi connectivity index (χ0n) is 21.4. The molecule has 1 amide bonds. The van der Waals surface area contributed by atoms with Crippen molar-refractivity contribution in [3.8, 4) is 0 Å². The van der Waals surface area contributed by atoms with Crippen molar-refractivity contribution >= 4 is 40.9 Å². The Labute approximate surface area is 233 Å². The average Bonchev–Trinajstić information content (AvgIpc) is 3.56. The van der Waals surface area contributed by atoms with Crippen LogP contribution < -0.4 is 0 Å². The number of hydrogen-bond acceptors (Lipinski definition) is 5. The molecule has 1 aliphatic carbocycles. The zero-order chi connectivity index (χ0) is 26.2. The fourth-order valence-electron chi connectivity index (χ4n) is 5.11. The molecule has 0 unspecified atom stereocenters. The molecule has 1 saturated heterocycles. The smallest absolute Gasteiger partial charge is 0.252 e. The molecule has 0 aromatic heterocycles. The standard InChI is InChI=1S/C29H33Cl2N3O2S/c1-29(2,3)37-17-24(19-7-8-19)34-26(20-9-11-22(30)12-10-20)27(21-5-4-6-23(31)14-21)36-25(28(34)35)13-18-15-32-33-16-18/h4-6,9-12,14-15,19,24-27H,7-8,13,16-17H2,1-3H3/t24-,25-,26-,27-/m1/s1. The number of rotatable bonds is 8. The van der Waals surface area contributed by atoms with Gasteiger partial charge in [-0.1, -0.05) is 68.2 Å². The van der Waals surface area contributed by atoms with Gasteiger partial charge in [-0.3, -0.25) is 4.79 Å². The highest BCUT2D eigenvalue weighted by atomic mass is 35.5. The fourth-order valence-corrected chi connectivity index (χ4v) is 6.54. The maximum Gasteiger partial charge on any atom is 0.252 e. The summed E-state index contributed by atoms with van der Waals surface area (Å²) in [5.41, 5.74) is 2.99. The van der Waals surface area contributed by atoms with Crippen molar-refractivity contribution < 1.29 is 9.53 Å². The highest BCUT2D eigenvalue weighted by Crippen LogP contribution is 2.49. The van der Waals surface area contributed by atoms with Crippen LogP contribution in [0.25, 0.3) is 0 Å². The van der Waals surface area contributed by atoms with E-state index in [2.05, 4.69) is 35.9 Å². The SMILES string of the molecule is CC(C)(C)SC[C@H](C1CC1)N1C(=O)[C@@H](CC2=CN=NC2)O[C@H](c2cccc(Cl)c2)[C@H]1c1ccc(Cl)cc1. The lowest BCUT2D eigenvalue weighted by Gasteiger charge is -2.49. The van der Waals surface area contributed by atoms with Crippen molar-refractivity contribution in [1.29, 1.82) is 0 Å². The van der Waals surface area contributed by atoms with Crippen LogP contribution in [0, 0.1) is 5.92 Å². The Balaban J connectivity index is 1.60. The number of carbonyl (C=O) groups excluding carboxylic acids is 1. The van der Waals surface area contributed by atoms with Gasteiger partial charge in [0.1, 0.15) is 12.2 Å². The van der Waals surface area contributed by atoms with Crippen LogP contribution in [-0.4, -0.2) is 40.0 Å². The molecule has 1 saturated carbocycles. The highest BCUT2D eigenvalue weighted by molar-refractivity contribution is 8.00. The van der Waals surface area contributed by atoms with Crippen molar-refractivity contribution in [1.82, 2.24) is 4.90 Å². The molecule has 196 valence electrons. The van der Waals surface area contributed by atoms with Gasteiger partial charge >= 0.3 is 0 Å². The monoisotopic (exact) mass is 557 g/mol. The molecule has 5 nitrogen and oxygen atoms in total. The van der Waals surface area contributed by atoms with Gasteiger partial charge in [-0.05, 0) is 59.7 Å². The van der Waals surface area contributed by atoms with E-state index in [1.807, 2.05) is 60.3 Å². The molecule has 0 radical (unpaired) electrons. The van der Waals surface area contributed by atoms with Gasteiger partial charge in [0.2, 0.25) is 0 Å². The van der Waals surface area contributed by atoms with Gasteiger partial charge in [0.15, 0.2) is 0 Å². The van der Waals surface area contributed by atoms with Crippen LogP contribution in [0.3, 0.4) is 0 Å². The number of carbonyl (C=O) groups is 1. The summed E-state index contributed by atoms with van der Waals surface area (Å²) in [6, 6.07) is 15.4. The Bertz CT molecular complexity index is 1190. The fraction of sp³-hybridized carbons (Fsp3) is 0.483. The van der Waals surface area contributed by atoms with E-state index >= 15 is 0 Å². The topological polar surface area (TPSA) is 54.3 Å². The number of azo groups is 1. The summed E-state index contributed by atoms with van der Waals surface area (Å²) in [5, 5.41) is 9.41. The van der Waals surface area contributed by atoms with Gasteiger partial charge in [-0.25, -0.2) is 0 Å². The lowest BCUT2D eigenvalue weighted by atomic mass is 9.89. The van der Waals surface area contributed by atoms with Gasteiger partial charge in [0, 0.05) is 33.0 Å². The summed E-state index contributed by atoms with van der Waals surface area (Å²) in [4.78, 5) is 16.5. The molecule has 2 aliphatic heterocycles. The Hall–Kier alpha value is -1.86. The van der Waals surface area contributed by atoms with Crippen LogP contribution in [-0.2, 0) is 9.53 Å². The van der Waals surface area contributed by atoms with E-state index in [1.54, 1.807) is 6.20 Å². The Kier molecular flexibility index (Phi) is 8.02. The summed E-state index contributed by atoms with van der Waals surface area (Å²) in [6.07, 6.45) is 3.54. The number of hydrogen-bond donors (Lipinski definition) is 0. The first-order valence-corrected chi connectivity index (χ1v) is 14.6. The minimum absolute atomic E-state index is 0.0393. The van der Waals surface area contributed by atoms with E-state index in [0.29, 0.717) is 28.9 Å². The van der Waals surface area contributed by atoms with Crippen LogP contribution in [0.1, 0.15) is 63.3 Å². The number of thioether (sulfide) groups is 1. The van der Waals surface area contributed by atoms with Gasteiger partial charge < -0.3 is 9.64 Å². The van der Waals surface area contributed by atoms with Crippen molar-refractivity contribution in [2.24, 2.45) is 16.1 Å². The van der Waals surface area contributed by atoms with E-state index in [-0.39, 0.29) is 28.8 Å². The third-order valence-electron chi connectivity index (χ3n) is 7.07. The summed E-state index contributed by atoms with van der Waals surface area (Å²) >= 11 is 14.6. The summed E-state index contributed by atoms with van der Waals surface area (Å²) in [6.45, 7) is 7.21. The molecule has 4 atom stereocenters. The van der Waals surface area contributed by atoms with E-state index < -0.39 is 6.10 Å². The second-order valence-corrected chi connectivity index (χ2v) is 13.8. The third-order valence-corrected chi connectivity index (χ3v) is 8.93.